The van der Waals surface area contributed by atoms with Crippen molar-refractivity contribution in [3.05, 3.63) is 186 Å². The number of aryl methyl sites for hydroxylation is 4. The van der Waals surface area contributed by atoms with Crippen LogP contribution < -0.4 is 0 Å². The number of fused-ring (bicyclic) bond motifs is 6. The van der Waals surface area contributed by atoms with E-state index in [1.165, 1.54) is 71.3 Å². The third-order valence-electron chi connectivity index (χ3n) is 11.4. The van der Waals surface area contributed by atoms with E-state index in [0.717, 1.165) is 45.1 Å². The van der Waals surface area contributed by atoms with Gasteiger partial charge in [0, 0.05) is 21.9 Å². The van der Waals surface area contributed by atoms with Gasteiger partial charge in [0.2, 0.25) is 0 Å². The lowest BCUT2D eigenvalue weighted by atomic mass is 9.87. The highest BCUT2D eigenvalue weighted by Gasteiger charge is 2.26. The van der Waals surface area contributed by atoms with E-state index in [1.807, 2.05) is 13.8 Å². The van der Waals surface area contributed by atoms with Crippen molar-refractivity contribution in [2.45, 2.75) is 41.5 Å². The number of nitrogens with zero attached hydrogens (tertiary/aromatic N) is 3. The second kappa shape index (κ2) is 14.7. The maximum atomic E-state index is 5.69. The van der Waals surface area contributed by atoms with Crippen LogP contribution in [-0.4, -0.2) is 14.5 Å². The maximum absolute atomic E-state index is 5.69. The average Bonchev–Trinajstić information content (AvgIpc) is 3.61. The third-order valence-corrected chi connectivity index (χ3v) is 11.4. The molecule has 2 aromatic heterocycles. The Labute approximate surface area is 334 Å². The van der Waals surface area contributed by atoms with Crippen molar-refractivity contribution in [2.75, 3.05) is 0 Å². The first-order valence-corrected chi connectivity index (χ1v) is 20.0. The molecule has 0 N–H and O–H groups in total. The Morgan fingerprint density at radius 2 is 1.02 bits per heavy atom. The van der Waals surface area contributed by atoms with E-state index in [4.69, 9.17) is 9.97 Å². The minimum absolute atomic E-state index is 0.821. The lowest BCUT2D eigenvalue weighted by Gasteiger charge is -2.20. The van der Waals surface area contributed by atoms with Crippen LogP contribution in [0.15, 0.2) is 164 Å². The van der Waals surface area contributed by atoms with Crippen molar-refractivity contribution in [2.24, 2.45) is 0 Å². The molecular formula is C54H45N3. The fourth-order valence-electron chi connectivity index (χ4n) is 8.70. The smallest absolute Gasteiger partial charge is 0.165 e. The minimum atomic E-state index is 0.821. The van der Waals surface area contributed by atoms with Gasteiger partial charge in [-0.25, -0.2) is 9.97 Å². The Morgan fingerprint density at radius 3 is 1.75 bits per heavy atom. The Hall–Kier alpha value is -6.84. The predicted octanol–water partition coefficient (Wildman–Crippen LogP) is 14.8. The SMILES string of the molecule is CC.Cc1ccccc1-c1nc(-n2c3ccccc3c3c4ccccc4c(-c4cc5ccccc5cc4C)c(C)c32)c(-c2ccc(-c3ccccc3)cc2)nc1C. The molecule has 276 valence electrons. The largest absolute Gasteiger partial charge is 0.292 e. The summed E-state index contributed by atoms with van der Waals surface area (Å²) in [6.07, 6.45) is 0. The number of rotatable bonds is 5. The minimum Gasteiger partial charge on any atom is -0.292 e. The van der Waals surface area contributed by atoms with E-state index in [1.54, 1.807) is 0 Å². The molecule has 0 bridgehead atoms. The van der Waals surface area contributed by atoms with E-state index < -0.39 is 0 Å². The molecule has 0 aliphatic heterocycles. The molecule has 57 heavy (non-hydrogen) atoms. The molecule has 0 saturated heterocycles. The Balaban J connectivity index is 0.00000208. The molecule has 0 aliphatic rings. The summed E-state index contributed by atoms with van der Waals surface area (Å²) in [7, 11) is 0. The van der Waals surface area contributed by atoms with E-state index in [2.05, 4.69) is 196 Å². The Morgan fingerprint density at radius 1 is 0.439 bits per heavy atom. The molecule has 10 aromatic rings. The van der Waals surface area contributed by atoms with Gasteiger partial charge in [0.05, 0.1) is 22.4 Å². The van der Waals surface area contributed by atoms with Crippen molar-refractivity contribution in [1.82, 2.24) is 14.5 Å². The van der Waals surface area contributed by atoms with Gasteiger partial charge in [-0.15, -0.1) is 0 Å². The highest BCUT2D eigenvalue weighted by molar-refractivity contribution is 6.26. The molecule has 0 saturated carbocycles. The van der Waals surface area contributed by atoms with Crippen molar-refractivity contribution in [3.63, 3.8) is 0 Å². The second-order valence-electron chi connectivity index (χ2n) is 14.7. The zero-order valence-electron chi connectivity index (χ0n) is 33.4. The van der Waals surface area contributed by atoms with Gasteiger partial charge in [0.25, 0.3) is 0 Å². The molecule has 3 heteroatoms. The monoisotopic (exact) mass is 735 g/mol. The Kier molecular flexibility index (Phi) is 9.22. The van der Waals surface area contributed by atoms with Gasteiger partial charge in [-0.2, -0.15) is 0 Å². The summed E-state index contributed by atoms with van der Waals surface area (Å²) in [5.41, 5.74) is 15.5. The maximum Gasteiger partial charge on any atom is 0.165 e. The van der Waals surface area contributed by atoms with Gasteiger partial charge >= 0.3 is 0 Å². The standard InChI is InChI=1S/C52H39N3.C2H6/c1-32-16-8-11-21-41(32)49-35(4)53-50(38-28-26-37(27-29-38)36-17-6-5-7-18-36)52(54-49)55-46-25-15-14-24-44(46)48-43-23-13-12-22-42(43)47(34(3)51(48)55)45-31-40-20-10-9-19-39(40)30-33(45)2;1-2/h5-31H,1-4H3;1-2H3. The highest BCUT2D eigenvalue weighted by atomic mass is 15.1. The van der Waals surface area contributed by atoms with Crippen LogP contribution in [-0.2, 0) is 0 Å². The normalized spacial score (nSPS) is 11.3. The number of aromatic nitrogens is 3. The van der Waals surface area contributed by atoms with Gasteiger partial charge < -0.3 is 0 Å². The molecule has 8 aromatic carbocycles. The topological polar surface area (TPSA) is 30.7 Å². The van der Waals surface area contributed by atoms with Gasteiger partial charge in [-0.3, -0.25) is 4.57 Å². The molecule has 0 unspecified atom stereocenters. The van der Waals surface area contributed by atoms with Gasteiger partial charge in [-0.05, 0) is 100 Å². The number of hydrogen-bond acceptors (Lipinski definition) is 2. The van der Waals surface area contributed by atoms with Crippen LogP contribution in [0.5, 0.6) is 0 Å². The molecule has 0 atom stereocenters. The van der Waals surface area contributed by atoms with E-state index in [9.17, 15) is 0 Å². The third kappa shape index (κ3) is 5.98. The Bertz CT molecular complexity index is 3120. The zero-order chi connectivity index (χ0) is 39.2. The molecule has 0 aliphatic carbocycles. The van der Waals surface area contributed by atoms with Gasteiger partial charge in [-0.1, -0.05) is 166 Å². The second-order valence-corrected chi connectivity index (χ2v) is 14.7. The fourth-order valence-corrected chi connectivity index (χ4v) is 8.70. The summed E-state index contributed by atoms with van der Waals surface area (Å²) in [4.78, 5) is 11.2. The first kappa shape index (κ1) is 35.8. The van der Waals surface area contributed by atoms with Crippen molar-refractivity contribution in [1.29, 1.82) is 0 Å². The molecule has 0 radical (unpaired) electrons. The van der Waals surface area contributed by atoms with Crippen LogP contribution in [0.25, 0.3) is 93.9 Å². The van der Waals surface area contributed by atoms with Crippen molar-refractivity contribution in [3.8, 4) is 50.6 Å². The first-order valence-electron chi connectivity index (χ1n) is 20.0. The molecule has 10 rings (SSSR count). The lowest BCUT2D eigenvalue weighted by molar-refractivity contribution is 1.02. The summed E-state index contributed by atoms with van der Waals surface area (Å²) >= 11 is 0. The van der Waals surface area contributed by atoms with Crippen molar-refractivity contribution >= 4 is 43.4 Å². The number of para-hydroxylation sites is 1. The molecular weight excluding hydrogens is 691 g/mol. The van der Waals surface area contributed by atoms with Gasteiger partial charge in [0.1, 0.15) is 5.69 Å². The van der Waals surface area contributed by atoms with Crippen molar-refractivity contribution < 1.29 is 0 Å². The summed E-state index contributed by atoms with van der Waals surface area (Å²) < 4.78 is 2.40. The number of hydrogen-bond donors (Lipinski definition) is 0. The van der Waals surface area contributed by atoms with E-state index in [-0.39, 0.29) is 0 Å². The molecule has 2 heterocycles. The summed E-state index contributed by atoms with van der Waals surface area (Å²) in [6, 6.07) is 58.9. The van der Waals surface area contributed by atoms with Crippen LogP contribution in [0.4, 0.5) is 0 Å². The summed E-state index contributed by atoms with van der Waals surface area (Å²) in [6.45, 7) is 12.8. The molecule has 0 spiro atoms. The quantitative estimate of drug-likeness (QED) is 0.176. The molecule has 0 amide bonds. The lowest BCUT2D eigenvalue weighted by Crippen LogP contribution is -2.08. The predicted molar refractivity (Wildman–Crippen MR) is 243 cm³/mol. The summed E-state index contributed by atoms with van der Waals surface area (Å²) in [5.74, 6) is 0.821. The molecule has 3 nitrogen and oxygen atoms in total. The summed E-state index contributed by atoms with van der Waals surface area (Å²) in [5, 5.41) is 7.40. The number of benzene rings is 8. The zero-order valence-corrected chi connectivity index (χ0v) is 33.4. The van der Waals surface area contributed by atoms with Gasteiger partial charge in [0.15, 0.2) is 5.82 Å². The van der Waals surface area contributed by atoms with E-state index in [0.29, 0.717) is 0 Å². The average molecular weight is 736 g/mol. The van der Waals surface area contributed by atoms with Crippen LogP contribution in [0.1, 0.15) is 36.2 Å². The molecule has 0 fully saturated rings. The van der Waals surface area contributed by atoms with Crippen LogP contribution >= 0.6 is 0 Å². The van der Waals surface area contributed by atoms with E-state index >= 15 is 0 Å². The van der Waals surface area contributed by atoms with Crippen LogP contribution in [0.3, 0.4) is 0 Å². The van der Waals surface area contributed by atoms with Crippen LogP contribution in [0, 0.1) is 27.7 Å². The van der Waals surface area contributed by atoms with Crippen LogP contribution in [0.2, 0.25) is 0 Å². The fraction of sp³-hybridized carbons (Fsp3) is 0.111. The first-order chi connectivity index (χ1) is 28.0. The highest BCUT2D eigenvalue weighted by Crippen LogP contribution is 2.46.